The zero-order valence-corrected chi connectivity index (χ0v) is 17.9. The molecule has 1 amide bonds. The second-order valence-electron chi connectivity index (χ2n) is 6.30. The molecule has 0 aliphatic carbocycles. The zero-order valence-electron chi connectivity index (χ0n) is 16.2. The summed E-state index contributed by atoms with van der Waals surface area (Å²) in [7, 11) is 0. The van der Waals surface area contributed by atoms with E-state index in [1.807, 2.05) is 55.7 Å². The van der Waals surface area contributed by atoms with Gasteiger partial charge >= 0.3 is 0 Å². The normalized spacial score (nSPS) is 12.4. The van der Waals surface area contributed by atoms with Gasteiger partial charge in [0.05, 0.1) is 5.25 Å². The number of aromatic nitrogens is 5. The van der Waals surface area contributed by atoms with Crippen molar-refractivity contribution in [3.8, 4) is 11.6 Å². The average Bonchev–Trinajstić information content (AvgIpc) is 3.45. The molecule has 8 nitrogen and oxygen atoms in total. The van der Waals surface area contributed by atoms with Gasteiger partial charge in [0, 0.05) is 11.9 Å². The first-order valence-corrected chi connectivity index (χ1v) is 11.0. The molecule has 29 heavy (non-hydrogen) atoms. The summed E-state index contributed by atoms with van der Waals surface area (Å²) in [4.78, 5) is 12.5. The fourth-order valence-corrected chi connectivity index (χ4v) is 4.40. The number of rotatable bonds is 7. The molecule has 3 aromatic heterocycles. The van der Waals surface area contributed by atoms with E-state index < -0.39 is 0 Å². The van der Waals surface area contributed by atoms with Crippen LogP contribution in [0.25, 0.3) is 22.6 Å². The predicted molar refractivity (Wildman–Crippen MR) is 114 cm³/mol. The fraction of sp³-hybridized carbons (Fsp3) is 0.316. The van der Waals surface area contributed by atoms with Crippen molar-refractivity contribution in [3.05, 3.63) is 35.3 Å². The first-order chi connectivity index (χ1) is 14.1. The summed E-state index contributed by atoms with van der Waals surface area (Å²) in [5.74, 6) is 1.16. The number of anilines is 1. The number of benzene rings is 1. The molecular weight excluding hydrogens is 408 g/mol. The lowest BCUT2D eigenvalue weighted by Crippen LogP contribution is -2.22. The largest absolute Gasteiger partial charge is 0.453 e. The summed E-state index contributed by atoms with van der Waals surface area (Å²) in [6, 6.07) is 9.77. The number of nitrogens with one attached hydrogen (secondary N) is 1. The summed E-state index contributed by atoms with van der Waals surface area (Å²) in [6.45, 7) is 6.50. The van der Waals surface area contributed by atoms with E-state index in [0.717, 1.165) is 22.4 Å². The number of hydrogen-bond donors (Lipinski definition) is 1. The lowest BCUT2D eigenvalue weighted by Gasteiger charge is -2.11. The highest BCUT2D eigenvalue weighted by Crippen LogP contribution is 2.31. The number of nitrogens with zero attached hydrogens (tertiary/aromatic N) is 5. The number of amides is 1. The van der Waals surface area contributed by atoms with Crippen LogP contribution in [0.4, 0.5) is 5.13 Å². The maximum absolute atomic E-state index is 12.5. The van der Waals surface area contributed by atoms with E-state index in [1.54, 1.807) is 0 Å². The molecule has 1 atom stereocenters. The molecule has 3 heterocycles. The van der Waals surface area contributed by atoms with Crippen LogP contribution in [0.3, 0.4) is 0 Å². The molecule has 0 saturated carbocycles. The molecule has 0 aliphatic heterocycles. The molecule has 1 aromatic carbocycles. The first-order valence-electron chi connectivity index (χ1n) is 9.31. The predicted octanol–water partition coefficient (Wildman–Crippen LogP) is 4.24. The Morgan fingerprint density at radius 2 is 2.07 bits per heavy atom. The maximum Gasteiger partial charge on any atom is 0.239 e. The summed E-state index contributed by atoms with van der Waals surface area (Å²) in [5, 5.41) is 22.1. The van der Waals surface area contributed by atoms with E-state index in [2.05, 4.69) is 25.7 Å². The van der Waals surface area contributed by atoms with Gasteiger partial charge in [0.2, 0.25) is 16.9 Å². The molecule has 0 spiro atoms. The van der Waals surface area contributed by atoms with Gasteiger partial charge in [-0.05, 0) is 32.4 Å². The van der Waals surface area contributed by atoms with Crippen LogP contribution in [0.15, 0.2) is 39.9 Å². The number of carbonyl (C=O) groups excluding carboxylic acids is 1. The molecule has 4 rings (SSSR count). The van der Waals surface area contributed by atoms with Gasteiger partial charge in [0.15, 0.2) is 10.9 Å². The molecule has 1 unspecified atom stereocenters. The Morgan fingerprint density at radius 3 is 2.79 bits per heavy atom. The van der Waals surface area contributed by atoms with Crippen LogP contribution in [-0.2, 0) is 17.8 Å². The molecule has 150 valence electrons. The molecule has 1 N–H and O–H groups in total. The third-order valence-corrected chi connectivity index (χ3v) is 6.39. The number of furan rings is 1. The Kier molecular flexibility index (Phi) is 5.63. The number of hydrogen-bond acceptors (Lipinski definition) is 8. The van der Waals surface area contributed by atoms with E-state index in [9.17, 15) is 4.79 Å². The third kappa shape index (κ3) is 4.03. The Labute approximate surface area is 175 Å². The molecule has 0 saturated heterocycles. The van der Waals surface area contributed by atoms with Gasteiger partial charge in [0.1, 0.15) is 10.6 Å². The van der Waals surface area contributed by atoms with Crippen LogP contribution in [0.1, 0.15) is 25.8 Å². The Bertz CT molecular complexity index is 1120. The van der Waals surface area contributed by atoms with Gasteiger partial charge in [-0.25, -0.2) is 0 Å². The molecule has 0 fully saturated rings. The van der Waals surface area contributed by atoms with Crippen molar-refractivity contribution in [2.75, 3.05) is 5.32 Å². The maximum atomic E-state index is 12.5. The molecule has 10 heteroatoms. The standard InChI is InChI=1S/C19H20N6O2S2/c1-4-15-21-23-18(29-15)20-17(26)11(3)28-19-24-22-16(25(19)5-2)14-10-12-8-6-7-9-13(12)27-14/h6-11H,4-5H2,1-3H3,(H,20,23,26). The number of aryl methyl sites for hydroxylation is 1. The van der Waals surface area contributed by atoms with Crippen molar-refractivity contribution in [3.63, 3.8) is 0 Å². The summed E-state index contributed by atoms with van der Waals surface area (Å²) >= 11 is 2.74. The van der Waals surface area contributed by atoms with Gasteiger partial charge in [-0.1, -0.05) is 48.2 Å². The van der Waals surface area contributed by atoms with Gasteiger partial charge in [-0.2, -0.15) is 0 Å². The Hall–Kier alpha value is -2.72. The summed E-state index contributed by atoms with van der Waals surface area (Å²) in [5.41, 5.74) is 0.804. The van der Waals surface area contributed by atoms with Crippen LogP contribution < -0.4 is 5.32 Å². The minimum absolute atomic E-state index is 0.148. The fourth-order valence-electron chi connectivity index (χ4n) is 2.80. The van der Waals surface area contributed by atoms with Crippen LogP contribution in [-0.4, -0.2) is 36.1 Å². The van der Waals surface area contributed by atoms with Gasteiger partial charge < -0.3 is 4.42 Å². The van der Waals surface area contributed by atoms with Crippen LogP contribution in [0.5, 0.6) is 0 Å². The Balaban J connectivity index is 1.52. The van der Waals surface area contributed by atoms with Crippen LogP contribution in [0, 0.1) is 0 Å². The molecule has 0 aliphatic rings. The lowest BCUT2D eigenvalue weighted by atomic mass is 10.2. The second kappa shape index (κ2) is 8.34. The van der Waals surface area contributed by atoms with Crippen molar-refractivity contribution in [1.82, 2.24) is 25.0 Å². The molecule has 0 bridgehead atoms. The van der Waals surface area contributed by atoms with Gasteiger partial charge in [0.25, 0.3) is 0 Å². The molecule has 0 radical (unpaired) electrons. The van der Waals surface area contributed by atoms with Crippen molar-refractivity contribution < 1.29 is 9.21 Å². The van der Waals surface area contributed by atoms with Crippen LogP contribution >= 0.6 is 23.1 Å². The number of para-hydroxylation sites is 1. The second-order valence-corrected chi connectivity index (χ2v) is 8.67. The van der Waals surface area contributed by atoms with E-state index in [0.29, 0.717) is 28.4 Å². The smallest absolute Gasteiger partial charge is 0.239 e. The minimum Gasteiger partial charge on any atom is -0.453 e. The topological polar surface area (TPSA) is 98.7 Å². The van der Waals surface area contributed by atoms with Crippen LogP contribution in [0.2, 0.25) is 0 Å². The first kappa shape index (κ1) is 19.6. The molecule has 4 aromatic rings. The summed E-state index contributed by atoms with van der Waals surface area (Å²) in [6.07, 6.45) is 0.794. The van der Waals surface area contributed by atoms with Crippen molar-refractivity contribution in [2.24, 2.45) is 0 Å². The third-order valence-electron chi connectivity index (χ3n) is 4.33. The minimum atomic E-state index is -0.373. The Morgan fingerprint density at radius 1 is 1.24 bits per heavy atom. The lowest BCUT2D eigenvalue weighted by molar-refractivity contribution is -0.115. The summed E-state index contributed by atoms with van der Waals surface area (Å²) < 4.78 is 7.88. The van der Waals surface area contributed by atoms with E-state index in [4.69, 9.17) is 4.42 Å². The van der Waals surface area contributed by atoms with E-state index in [1.165, 1.54) is 23.1 Å². The van der Waals surface area contributed by atoms with Crippen molar-refractivity contribution in [2.45, 2.75) is 44.1 Å². The van der Waals surface area contributed by atoms with Gasteiger partial charge in [-0.15, -0.1) is 20.4 Å². The highest BCUT2D eigenvalue weighted by molar-refractivity contribution is 8.00. The SMILES string of the molecule is CCc1nnc(NC(=O)C(C)Sc2nnc(-c3cc4ccccc4o3)n2CC)s1. The quantitative estimate of drug-likeness (QED) is 0.439. The number of fused-ring (bicyclic) bond motifs is 1. The highest BCUT2D eigenvalue weighted by atomic mass is 32.2. The molecular formula is C19H20N6O2S2. The number of carbonyl (C=O) groups is 1. The van der Waals surface area contributed by atoms with Crippen molar-refractivity contribution in [1.29, 1.82) is 0 Å². The van der Waals surface area contributed by atoms with Gasteiger partial charge in [-0.3, -0.25) is 14.7 Å². The van der Waals surface area contributed by atoms with Crippen molar-refractivity contribution >= 4 is 45.1 Å². The monoisotopic (exact) mass is 428 g/mol. The average molecular weight is 429 g/mol. The van der Waals surface area contributed by atoms with E-state index in [-0.39, 0.29) is 11.2 Å². The van der Waals surface area contributed by atoms with E-state index >= 15 is 0 Å². The highest BCUT2D eigenvalue weighted by Gasteiger charge is 2.22. The zero-order chi connectivity index (χ0) is 20.4. The number of thioether (sulfide) groups is 1.